The zero-order chi connectivity index (χ0) is 11.0. The van der Waals surface area contributed by atoms with E-state index in [0.29, 0.717) is 0 Å². The second-order valence-electron chi connectivity index (χ2n) is 5.20. The average Bonchev–Trinajstić information content (AvgIpc) is 2.90. The molecule has 1 aromatic carbocycles. The summed E-state index contributed by atoms with van der Waals surface area (Å²) in [5, 5.41) is 0. The van der Waals surface area contributed by atoms with Crippen molar-refractivity contribution in [3.05, 3.63) is 34.3 Å². The van der Waals surface area contributed by atoms with E-state index in [-0.39, 0.29) is 0 Å². The predicted molar refractivity (Wildman–Crippen MR) is 70.5 cm³/mol. The zero-order valence-corrected chi connectivity index (χ0v) is 11.1. The highest BCUT2D eigenvalue weighted by molar-refractivity contribution is 9.10. The number of hydrogen-bond donors (Lipinski definition) is 0. The van der Waals surface area contributed by atoms with Crippen molar-refractivity contribution in [1.29, 1.82) is 0 Å². The first-order chi connectivity index (χ1) is 7.81. The van der Waals surface area contributed by atoms with E-state index in [1.807, 2.05) is 0 Å². The molecule has 16 heavy (non-hydrogen) atoms. The minimum Gasteiger partial charge on any atom is -0.300 e. The Labute approximate surface area is 106 Å². The smallest absolute Gasteiger partial charge is 0.0175 e. The van der Waals surface area contributed by atoms with Crippen LogP contribution in [0.3, 0.4) is 0 Å². The minimum atomic E-state index is 0.917. The molecule has 2 unspecified atom stereocenters. The minimum absolute atomic E-state index is 0.917. The molecule has 0 spiro atoms. The Hall–Kier alpha value is -0.340. The third kappa shape index (κ3) is 2.18. The number of halogens is 1. The summed E-state index contributed by atoms with van der Waals surface area (Å²) in [7, 11) is 0. The van der Waals surface area contributed by atoms with Gasteiger partial charge in [0.1, 0.15) is 0 Å². The lowest BCUT2D eigenvalue weighted by molar-refractivity contribution is 0.216. The maximum Gasteiger partial charge on any atom is 0.0175 e. The molecule has 2 heteroatoms. The molecule has 0 radical (unpaired) electrons. The monoisotopic (exact) mass is 279 g/mol. The molecule has 0 aromatic heterocycles. The molecule has 0 N–H and O–H groups in total. The number of nitrogens with zero attached hydrogens (tertiary/aromatic N) is 1. The number of likely N-dealkylation sites (tertiary alicyclic amines) is 1. The van der Waals surface area contributed by atoms with Gasteiger partial charge in [-0.15, -0.1) is 0 Å². The molecule has 3 rings (SSSR count). The summed E-state index contributed by atoms with van der Waals surface area (Å²) in [6, 6.07) is 9.67. The normalized spacial score (nSPS) is 28.8. The van der Waals surface area contributed by atoms with Gasteiger partial charge in [0.25, 0.3) is 0 Å². The molecule has 1 aliphatic heterocycles. The highest BCUT2D eigenvalue weighted by Crippen LogP contribution is 2.37. The largest absolute Gasteiger partial charge is 0.300 e. The number of piperidine rings is 1. The molecule has 1 saturated heterocycles. The molecule has 1 aliphatic carbocycles. The fourth-order valence-corrected chi connectivity index (χ4v) is 3.49. The van der Waals surface area contributed by atoms with Crippen LogP contribution in [0.15, 0.2) is 28.7 Å². The van der Waals surface area contributed by atoms with Crippen LogP contribution in [0.5, 0.6) is 0 Å². The van der Waals surface area contributed by atoms with Crippen molar-refractivity contribution in [2.45, 2.75) is 31.7 Å². The number of rotatable bonds is 3. The molecule has 0 amide bonds. The maximum absolute atomic E-state index is 3.48. The SMILES string of the molecule is Brc1ccc(CCN2CC3CCC2C3)cc1. The van der Waals surface area contributed by atoms with Crippen LogP contribution in [0.2, 0.25) is 0 Å². The van der Waals surface area contributed by atoms with E-state index in [4.69, 9.17) is 0 Å². The molecule has 1 heterocycles. The van der Waals surface area contributed by atoms with Crippen molar-refractivity contribution in [3.63, 3.8) is 0 Å². The van der Waals surface area contributed by atoms with E-state index in [1.165, 1.54) is 48.8 Å². The summed E-state index contributed by atoms with van der Waals surface area (Å²) < 4.78 is 1.18. The summed E-state index contributed by atoms with van der Waals surface area (Å²) >= 11 is 3.48. The van der Waals surface area contributed by atoms with Crippen LogP contribution >= 0.6 is 15.9 Å². The first kappa shape index (κ1) is 10.8. The first-order valence-electron chi connectivity index (χ1n) is 6.30. The van der Waals surface area contributed by atoms with E-state index in [0.717, 1.165) is 12.0 Å². The molecule has 2 bridgehead atoms. The summed E-state index contributed by atoms with van der Waals surface area (Å²) in [5.74, 6) is 1.02. The van der Waals surface area contributed by atoms with Crippen LogP contribution in [0.4, 0.5) is 0 Å². The Morgan fingerprint density at radius 2 is 2.00 bits per heavy atom. The fourth-order valence-electron chi connectivity index (χ4n) is 3.22. The van der Waals surface area contributed by atoms with Crippen LogP contribution in [-0.4, -0.2) is 24.0 Å². The Bertz CT molecular complexity index is 360. The van der Waals surface area contributed by atoms with Gasteiger partial charge in [-0.05, 0) is 49.3 Å². The molecule has 2 aliphatic rings. The standard InChI is InChI=1S/C14H18BrN/c15-13-4-1-11(2-5-13)7-8-16-10-12-3-6-14(16)9-12/h1-2,4-5,12,14H,3,6-10H2. The average molecular weight is 280 g/mol. The molecule has 2 fully saturated rings. The lowest BCUT2D eigenvalue weighted by atomic mass is 10.1. The number of fused-ring (bicyclic) bond motifs is 2. The third-order valence-corrected chi connectivity index (χ3v) is 4.65. The van der Waals surface area contributed by atoms with Crippen molar-refractivity contribution < 1.29 is 0 Å². The van der Waals surface area contributed by atoms with Crippen LogP contribution in [0.1, 0.15) is 24.8 Å². The van der Waals surface area contributed by atoms with Gasteiger partial charge < -0.3 is 0 Å². The molecule has 86 valence electrons. The van der Waals surface area contributed by atoms with Crippen LogP contribution < -0.4 is 0 Å². The van der Waals surface area contributed by atoms with Crippen molar-refractivity contribution in [2.75, 3.05) is 13.1 Å². The van der Waals surface area contributed by atoms with Gasteiger partial charge in [-0.1, -0.05) is 28.1 Å². The van der Waals surface area contributed by atoms with Gasteiger partial charge in [-0.25, -0.2) is 0 Å². The molecule has 1 nitrogen and oxygen atoms in total. The maximum atomic E-state index is 3.48. The van der Waals surface area contributed by atoms with Crippen molar-refractivity contribution in [1.82, 2.24) is 4.90 Å². The molecular weight excluding hydrogens is 262 g/mol. The van der Waals surface area contributed by atoms with Crippen molar-refractivity contribution in [2.24, 2.45) is 5.92 Å². The van der Waals surface area contributed by atoms with E-state index in [2.05, 4.69) is 45.1 Å². The second kappa shape index (κ2) is 4.50. The van der Waals surface area contributed by atoms with Crippen LogP contribution in [0.25, 0.3) is 0 Å². The second-order valence-corrected chi connectivity index (χ2v) is 6.12. The van der Waals surface area contributed by atoms with Gasteiger partial charge in [-0.2, -0.15) is 0 Å². The highest BCUT2D eigenvalue weighted by atomic mass is 79.9. The Kier molecular flexibility index (Phi) is 3.03. The Morgan fingerprint density at radius 1 is 1.19 bits per heavy atom. The van der Waals surface area contributed by atoms with E-state index in [9.17, 15) is 0 Å². The summed E-state index contributed by atoms with van der Waals surface area (Å²) in [6.07, 6.45) is 5.61. The topological polar surface area (TPSA) is 3.24 Å². The first-order valence-corrected chi connectivity index (χ1v) is 7.09. The highest BCUT2D eigenvalue weighted by Gasteiger charge is 2.36. The Balaban J connectivity index is 1.55. The molecule has 1 saturated carbocycles. The van der Waals surface area contributed by atoms with E-state index >= 15 is 0 Å². The molecule has 2 atom stereocenters. The predicted octanol–water partition coefficient (Wildman–Crippen LogP) is 3.48. The van der Waals surface area contributed by atoms with E-state index in [1.54, 1.807) is 0 Å². The fraction of sp³-hybridized carbons (Fsp3) is 0.571. The van der Waals surface area contributed by atoms with Gasteiger partial charge in [0, 0.05) is 23.6 Å². The van der Waals surface area contributed by atoms with Crippen LogP contribution in [0, 0.1) is 5.92 Å². The van der Waals surface area contributed by atoms with Gasteiger partial charge in [0.05, 0.1) is 0 Å². The van der Waals surface area contributed by atoms with E-state index < -0.39 is 0 Å². The van der Waals surface area contributed by atoms with Gasteiger partial charge >= 0.3 is 0 Å². The van der Waals surface area contributed by atoms with Crippen molar-refractivity contribution in [3.8, 4) is 0 Å². The van der Waals surface area contributed by atoms with Crippen LogP contribution in [-0.2, 0) is 6.42 Å². The lowest BCUT2D eigenvalue weighted by Gasteiger charge is -2.26. The number of hydrogen-bond acceptors (Lipinski definition) is 1. The molecular formula is C14H18BrN. The summed E-state index contributed by atoms with van der Waals surface area (Å²) in [5.41, 5.74) is 1.46. The van der Waals surface area contributed by atoms with Crippen molar-refractivity contribution >= 4 is 15.9 Å². The zero-order valence-electron chi connectivity index (χ0n) is 9.53. The van der Waals surface area contributed by atoms with Gasteiger partial charge in [0.2, 0.25) is 0 Å². The molecule has 1 aromatic rings. The number of benzene rings is 1. The summed E-state index contributed by atoms with van der Waals surface area (Å²) in [4.78, 5) is 2.70. The Morgan fingerprint density at radius 3 is 2.62 bits per heavy atom. The van der Waals surface area contributed by atoms with Gasteiger partial charge in [-0.3, -0.25) is 4.90 Å². The van der Waals surface area contributed by atoms with Gasteiger partial charge in [0.15, 0.2) is 0 Å². The lowest BCUT2D eigenvalue weighted by Crippen LogP contribution is -2.33. The quantitative estimate of drug-likeness (QED) is 0.819. The summed E-state index contributed by atoms with van der Waals surface area (Å²) in [6.45, 7) is 2.62. The third-order valence-electron chi connectivity index (χ3n) is 4.12.